The average molecular weight is 306 g/mol. The van der Waals surface area contributed by atoms with Crippen molar-refractivity contribution in [1.82, 2.24) is 10.3 Å². The van der Waals surface area contributed by atoms with Crippen LogP contribution in [0, 0.1) is 13.8 Å². The van der Waals surface area contributed by atoms with E-state index in [0.717, 1.165) is 12.3 Å². The lowest BCUT2D eigenvalue weighted by atomic mass is 10.2. The average Bonchev–Trinajstić information content (AvgIpc) is 2.76. The summed E-state index contributed by atoms with van der Waals surface area (Å²) in [6.07, 6.45) is 0. The van der Waals surface area contributed by atoms with E-state index >= 15 is 0 Å². The third-order valence-corrected chi connectivity index (χ3v) is 5.35. The van der Waals surface area contributed by atoms with Gasteiger partial charge in [-0.15, -0.1) is 23.1 Å². The lowest BCUT2D eigenvalue weighted by Gasteiger charge is -2.05. The van der Waals surface area contributed by atoms with E-state index in [2.05, 4.69) is 62.3 Å². The van der Waals surface area contributed by atoms with Gasteiger partial charge in [-0.05, 0) is 26.0 Å². The molecule has 0 aliphatic heterocycles. The van der Waals surface area contributed by atoms with E-state index < -0.39 is 0 Å². The molecule has 108 valence electrons. The second-order valence-corrected chi connectivity index (χ2v) is 7.47. The fraction of sp³-hybridized carbons (Fsp3) is 0.438. The van der Waals surface area contributed by atoms with Gasteiger partial charge in [0.1, 0.15) is 5.01 Å². The Bertz CT molecular complexity index is 544. The Morgan fingerprint density at radius 2 is 1.90 bits per heavy atom. The first-order chi connectivity index (χ1) is 9.54. The molecular formula is C16H22N2S2. The number of aromatic nitrogens is 1. The van der Waals surface area contributed by atoms with Crippen LogP contribution in [-0.4, -0.2) is 11.0 Å². The Morgan fingerprint density at radius 1 is 1.20 bits per heavy atom. The lowest BCUT2D eigenvalue weighted by molar-refractivity contribution is 0.591. The van der Waals surface area contributed by atoms with Crippen molar-refractivity contribution in [2.24, 2.45) is 0 Å². The van der Waals surface area contributed by atoms with E-state index in [1.807, 2.05) is 23.1 Å². The quantitative estimate of drug-likeness (QED) is 0.793. The van der Waals surface area contributed by atoms with Crippen molar-refractivity contribution in [3.8, 4) is 0 Å². The Morgan fingerprint density at radius 3 is 2.55 bits per heavy atom. The number of hydrogen-bond donors (Lipinski definition) is 1. The van der Waals surface area contributed by atoms with Crippen LogP contribution < -0.4 is 5.32 Å². The van der Waals surface area contributed by atoms with Crippen LogP contribution >= 0.6 is 23.1 Å². The predicted molar refractivity (Wildman–Crippen MR) is 89.6 cm³/mol. The van der Waals surface area contributed by atoms with Crippen molar-refractivity contribution < 1.29 is 0 Å². The maximum Gasteiger partial charge on any atom is 0.103 e. The van der Waals surface area contributed by atoms with Crippen LogP contribution in [0.5, 0.6) is 0 Å². The highest BCUT2D eigenvalue weighted by Gasteiger charge is 2.08. The van der Waals surface area contributed by atoms with Gasteiger partial charge in [-0.1, -0.05) is 31.5 Å². The molecule has 2 rings (SSSR count). The van der Waals surface area contributed by atoms with Gasteiger partial charge in [-0.25, -0.2) is 4.98 Å². The minimum atomic E-state index is 0.516. The molecule has 0 saturated heterocycles. The molecule has 4 heteroatoms. The monoisotopic (exact) mass is 306 g/mol. The van der Waals surface area contributed by atoms with Crippen LogP contribution in [0.25, 0.3) is 0 Å². The minimum absolute atomic E-state index is 0.516. The van der Waals surface area contributed by atoms with E-state index in [4.69, 9.17) is 0 Å². The summed E-state index contributed by atoms with van der Waals surface area (Å²) in [6, 6.07) is 9.20. The fourth-order valence-electron chi connectivity index (χ4n) is 1.79. The molecule has 0 bridgehead atoms. The lowest BCUT2D eigenvalue weighted by Crippen LogP contribution is -2.21. The first-order valence-electron chi connectivity index (χ1n) is 6.92. The van der Waals surface area contributed by atoms with Crippen LogP contribution in [0.4, 0.5) is 0 Å². The summed E-state index contributed by atoms with van der Waals surface area (Å²) in [5, 5.41) is 4.68. The van der Waals surface area contributed by atoms with Gasteiger partial charge in [-0.2, -0.15) is 0 Å². The normalized spacial score (nSPS) is 11.2. The Kier molecular flexibility index (Phi) is 5.64. The van der Waals surface area contributed by atoms with Gasteiger partial charge in [-0.3, -0.25) is 0 Å². The van der Waals surface area contributed by atoms with Crippen molar-refractivity contribution >= 4 is 23.1 Å². The van der Waals surface area contributed by atoms with E-state index in [1.165, 1.54) is 26.0 Å². The molecule has 0 aliphatic carbocycles. The third kappa shape index (κ3) is 4.62. The summed E-state index contributed by atoms with van der Waals surface area (Å²) in [6.45, 7) is 9.49. The third-order valence-electron chi connectivity index (χ3n) is 2.99. The van der Waals surface area contributed by atoms with Gasteiger partial charge in [0, 0.05) is 22.4 Å². The highest BCUT2D eigenvalue weighted by Crippen LogP contribution is 2.27. The molecule has 0 amide bonds. The van der Waals surface area contributed by atoms with E-state index in [1.54, 1.807) is 0 Å². The molecule has 0 unspecified atom stereocenters. The number of nitrogens with zero attached hydrogens (tertiary/aromatic N) is 1. The molecule has 0 saturated carbocycles. The molecule has 0 aliphatic rings. The van der Waals surface area contributed by atoms with Crippen molar-refractivity contribution in [2.75, 3.05) is 0 Å². The Hall–Kier alpha value is -0.840. The largest absolute Gasteiger partial charge is 0.310 e. The molecular weight excluding hydrogens is 284 g/mol. The van der Waals surface area contributed by atoms with Gasteiger partial charge in [0.05, 0.1) is 11.4 Å². The van der Waals surface area contributed by atoms with Crippen LogP contribution in [0.2, 0.25) is 0 Å². The number of benzene rings is 1. The second-order valence-electron chi connectivity index (χ2n) is 5.25. The summed E-state index contributed by atoms with van der Waals surface area (Å²) in [4.78, 5) is 7.35. The first-order valence-corrected chi connectivity index (χ1v) is 8.73. The molecule has 1 aromatic heterocycles. The molecule has 20 heavy (non-hydrogen) atoms. The van der Waals surface area contributed by atoms with E-state index in [9.17, 15) is 0 Å². The van der Waals surface area contributed by atoms with Crippen LogP contribution in [-0.2, 0) is 12.3 Å². The summed E-state index contributed by atoms with van der Waals surface area (Å²) in [5.41, 5.74) is 2.48. The SMILES string of the molecule is Cc1ccc(SCc2nc(C)c(CNC(C)C)s2)cc1. The molecule has 1 N–H and O–H groups in total. The summed E-state index contributed by atoms with van der Waals surface area (Å²) >= 11 is 3.69. The van der Waals surface area contributed by atoms with Gasteiger partial charge in [0.2, 0.25) is 0 Å². The summed E-state index contributed by atoms with van der Waals surface area (Å²) < 4.78 is 0. The second kappa shape index (κ2) is 7.25. The van der Waals surface area contributed by atoms with Crippen molar-refractivity contribution in [1.29, 1.82) is 0 Å². The number of rotatable bonds is 6. The van der Waals surface area contributed by atoms with Crippen molar-refractivity contribution in [3.63, 3.8) is 0 Å². The Balaban J connectivity index is 1.93. The van der Waals surface area contributed by atoms with Crippen molar-refractivity contribution in [3.05, 3.63) is 45.4 Å². The highest BCUT2D eigenvalue weighted by molar-refractivity contribution is 7.98. The highest BCUT2D eigenvalue weighted by atomic mass is 32.2. The van der Waals surface area contributed by atoms with Crippen LogP contribution in [0.15, 0.2) is 29.2 Å². The number of thiazole rings is 1. The zero-order valence-electron chi connectivity index (χ0n) is 12.6. The maximum atomic E-state index is 4.68. The predicted octanol–water partition coefficient (Wildman–Crippen LogP) is 4.55. The minimum Gasteiger partial charge on any atom is -0.310 e. The van der Waals surface area contributed by atoms with E-state index in [0.29, 0.717) is 6.04 Å². The zero-order chi connectivity index (χ0) is 14.5. The molecule has 2 nitrogen and oxygen atoms in total. The molecule has 0 atom stereocenters. The molecule has 0 fully saturated rings. The zero-order valence-corrected chi connectivity index (χ0v) is 14.2. The number of nitrogens with one attached hydrogen (secondary N) is 1. The van der Waals surface area contributed by atoms with Crippen LogP contribution in [0.3, 0.4) is 0 Å². The Labute approximate surface area is 130 Å². The molecule has 2 aromatic rings. The smallest absolute Gasteiger partial charge is 0.103 e. The molecule has 1 heterocycles. The topological polar surface area (TPSA) is 24.9 Å². The standard InChI is InChI=1S/C16H22N2S2/c1-11(2)17-9-15-13(4)18-16(20-15)10-19-14-7-5-12(3)6-8-14/h5-8,11,17H,9-10H2,1-4H3. The van der Waals surface area contributed by atoms with Gasteiger partial charge >= 0.3 is 0 Å². The van der Waals surface area contributed by atoms with Crippen LogP contribution in [0.1, 0.15) is 35.0 Å². The summed E-state index contributed by atoms with van der Waals surface area (Å²) in [7, 11) is 0. The molecule has 0 spiro atoms. The van der Waals surface area contributed by atoms with Crippen molar-refractivity contribution in [2.45, 2.75) is 50.9 Å². The molecule has 0 radical (unpaired) electrons. The maximum absolute atomic E-state index is 4.68. The first kappa shape index (κ1) is 15.5. The van der Waals surface area contributed by atoms with Gasteiger partial charge < -0.3 is 5.32 Å². The number of aryl methyl sites for hydroxylation is 2. The number of hydrogen-bond acceptors (Lipinski definition) is 4. The van der Waals surface area contributed by atoms with E-state index in [-0.39, 0.29) is 0 Å². The molecule has 1 aromatic carbocycles. The van der Waals surface area contributed by atoms with Gasteiger partial charge in [0.15, 0.2) is 0 Å². The summed E-state index contributed by atoms with van der Waals surface area (Å²) in [5.74, 6) is 0.955. The fourth-order valence-corrected chi connectivity index (χ4v) is 3.70. The number of thioether (sulfide) groups is 1. The van der Waals surface area contributed by atoms with Gasteiger partial charge in [0.25, 0.3) is 0 Å².